The number of H-pyrrole nitrogens is 1. The van der Waals surface area contributed by atoms with Crippen molar-refractivity contribution in [1.82, 2.24) is 14.6 Å². The summed E-state index contributed by atoms with van der Waals surface area (Å²) in [6, 6.07) is 20.1. The number of rotatable bonds is 12. The maximum absolute atomic E-state index is 14.4. The summed E-state index contributed by atoms with van der Waals surface area (Å²) in [5.41, 5.74) is -1.41. The highest BCUT2D eigenvalue weighted by molar-refractivity contribution is 7.52. The quantitative estimate of drug-likeness (QED) is 0.118. The Kier molecular flexibility index (Phi) is 9.76. The molecule has 5 rings (SSSR count). The van der Waals surface area contributed by atoms with E-state index in [1.54, 1.807) is 48.5 Å². The van der Waals surface area contributed by atoms with Crippen molar-refractivity contribution in [3.05, 3.63) is 124 Å². The molecule has 0 spiro atoms. The molecule has 1 aliphatic heterocycles. The van der Waals surface area contributed by atoms with Gasteiger partial charge in [0.15, 0.2) is 0 Å². The molecular weight excluding hydrogens is 608 g/mol. The lowest BCUT2D eigenvalue weighted by Gasteiger charge is -2.29. The van der Waals surface area contributed by atoms with Crippen molar-refractivity contribution in [3.8, 4) is 5.75 Å². The molecule has 0 aliphatic carbocycles. The summed E-state index contributed by atoms with van der Waals surface area (Å²) in [5, 5.41) is 14.9. The molecular formula is C31H31FN3O9P. The number of aromatic amines is 1. The zero-order chi connectivity index (χ0) is 32.1. The Balaban J connectivity index is 1.40. The molecule has 14 heteroatoms. The highest BCUT2D eigenvalue weighted by Gasteiger charge is 2.44. The third-order valence-corrected chi connectivity index (χ3v) is 8.75. The van der Waals surface area contributed by atoms with Gasteiger partial charge in [-0.2, -0.15) is 9.48 Å². The molecule has 1 fully saturated rings. The van der Waals surface area contributed by atoms with Gasteiger partial charge in [-0.1, -0.05) is 72.8 Å². The molecule has 1 saturated heterocycles. The zero-order valence-corrected chi connectivity index (χ0v) is 25.0. The molecule has 12 nitrogen and oxygen atoms in total. The number of aliphatic hydroxyl groups is 1. The standard InChI is InChI=1S/C31H31FN3O9P/c1-3-25(28-24(36)16-27(42-28)35-17-23(32)29(37)33-31(35)39)43-45(40,44-26-15-9-13-21-12-7-8-14-22(21)26)34-19(2)30(38)41-18-20-10-5-4-6-11-20/h3-15,17,19,24-25,27-28,36H,1,16,18H2,2H3,(H,34,40)(H,33,37,39)/t19-,24-,25+,27+,28-,45-/m0/s1. The van der Waals surface area contributed by atoms with Gasteiger partial charge in [0.2, 0.25) is 5.82 Å². The molecule has 4 aromatic rings. The molecule has 1 aliphatic rings. The fourth-order valence-electron chi connectivity index (χ4n) is 4.84. The van der Waals surface area contributed by atoms with Crippen LogP contribution in [0, 0.1) is 5.82 Å². The zero-order valence-electron chi connectivity index (χ0n) is 24.1. The number of carbonyl (C=O) groups excluding carboxylic acids is 1. The summed E-state index contributed by atoms with van der Waals surface area (Å²) in [6.07, 6.45) is -3.41. The smallest absolute Gasteiger partial charge is 0.460 e. The predicted octanol–water partition coefficient (Wildman–Crippen LogP) is 3.96. The summed E-state index contributed by atoms with van der Waals surface area (Å²) < 4.78 is 52.3. The Labute approximate surface area is 256 Å². The molecule has 0 saturated carbocycles. The van der Waals surface area contributed by atoms with Gasteiger partial charge < -0.3 is 19.1 Å². The Bertz CT molecular complexity index is 1840. The molecule has 0 radical (unpaired) electrons. The van der Waals surface area contributed by atoms with Crippen molar-refractivity contribution >= 4 is 24.5 Å². The fraction of sp³-hybridized carbons (Fsp3) is 0.258. The van der Waals surface area contributed by atoms with Gasteiger partial charge in [0.1, 0.15) is 36.8 Å². The van der Waals surface area contributed by atoms with Gasteiger partial charge >= 0.3 is 19.4 Å². The van der Waals surface area contributed by atoms with Crippen LogP contribution in [0.3, 0.4) is 0 Å². The van der Waals surface area contributed by atoms with E-state index in [1.165, 1.54) is 13.0 Å². The van der Waals surface area contributed by atoms with Crippen LogP contribution in [-0.2, 0) is 30.0 Å². The molecule has 2 heterocycles. The first-order valence-corrected chi connectivity index (χ1v) is 15.5. The van der Waals surface area contributed by atoms with Gasteiger partial charge in [-0.15, -0.1) is 6.58 Å². The highest BCUT2D eigenvalue weighted by Crippen LogP contribution is 2.49. The second kappa shape index (κ2) is 13.7. The monoisotopic (exact) mass is 639 g/mol. The van der Waals surface area contributed by atoms with E-state index < -0.39 is 61.4 Å². The van der Waals surface area contributed by atoms with Crippen molar-refractivity contribution < 1.29 is 37.4 Å². The SMILES string of the molecule is C=C[C@@H](O[P@@](=O)(N[C@@H](C)C(=O)OCc1ccccc1)Oc1cccc2ccccc12)[C@H]1O[C@@H](n2cc(F)c(=O)[nH]c2=O)C[C@@H]1O. The molecule has 236 valence electrons. The van der Waals surface area contributed by atoms with Gasteiger partial charge in [-0.3, -0.25) is 23.7 Å². The van der Waals surface area contributed by atoms with E-state index in [-0.39, 0.29) is 18.8 Å². The molecule has 0 unspecified atom stereocenters. The van der Waals surface area contributed by atoms with Crippen LogP contribution in [-0.4, -0.2) is 45.0 Å². The number of nitrogens with one attached hydrogen (secondary N) is 2. The van der Waals surface area contributed by atoms with E-state index in [4.69, 9.17) is 18.5 Å². The van der Waals surface area contributed by atoms with Crippen molar-refractivity contribution in [2.75, 3.05) is 0 Å². The highest BCUT2D eigenvalue weighted by atomic mass is 31.2. The number of fused-ring (bicyclic) bond motifs is 1. The van der Waals surface area contributed by atoms with Crippen LogP contribution in [0.5, 0.6) is 5.75 Å². The fourth-order valence-corrected chi connectivity index (χ4v) is 6.52. The Morgan fingerprint density at radius 2 is 1.89 bits per heavy atom. The van der Waals surface area contributed by atoms with E-state index in [2.05, 4.69) is 11.7 Å². The largest absolute Gasteiger partial charge is 0.460 e. The number of hydrogen-bond donors (Lipinski definition) is 3. The lowest BCUT2D eigenvalue weighted by molar-refractivity contribution is -0.146. The lowest BCUT2D eigenvalue weighted by Crippen LogP contribution is -2.40. The van der Waals surface area contributed by atoms with Crippen molar-refractivity contribution in [1.29, 1.82) is 0 Å². The number of halogens is 1. The third-order valence-electron chi connectivity index (χ3n) is 7.09. The second-order valence-corrected chi connectivity index (χ2v) is 12.0. The number of benzene rings is 3. The first-order chi connectivity index (χ1) is 21.6. The molecule has 3 N–H and O–H groups in total. The van der Waals surface area contributed by atoms with E-state index in [1.807, 2.05) is 29.2 Å². The van der Waals surface area contributed by atoms with Crippen LogP contribution in [0.25, 0.3) is 10.8 Å². The van der Waals surface area contributed by atoms with Crippen LogP contribution < -0.4 is 20.9 Å². The van der Waals surface area contributed by atoms with E-state index >= 15 is 0 Å². The van der Waals surface area contributed by atoms with Crippen LogP contribution >= 0.6 is 7.75 Å². The van der Waals surface area contributed by atoms with Gasteiger partial charge in [0.25, 0.3) is 5.56 Å². The van der Waals surface area contributed by atoms with Gasteiger partial charge in [-0.25, -0.2) is 9.36 Å². The molecule has 1 aromatic heterocycles. The molecule has 0 bridgehead atoms. The Morgan fingerprint density at radius 3 is 2.64 bits per heavy atom. The summed E-state index contributed by atoms with van der Waals surface area (Å²) in [6.45, 7) is 5.11. The van der Waals surface area contributed by atoms with E-state index in [9.17, 15) is 28.4 Å². The van der Waals surface area contributed by atoms with Crippen molar-refractivity contribution in [2.24, 2.45) is 0 Å². The first kappa shape index (κ1) is 32.0. The number of hydrogen-bond acceptors (Lipinski definition) is 9. The van der Waals surface area contributed by atoms with Crippen molar-refractivity contribution in [2.45, 2.75) is 50.5 Å². The number of nitrogens with zero attached hydrogens (tertiary/aromatic N) is 1. The molecule has 6 atom stereocenters. The topological polar surface area (TPSA) is 158 Å². The van der Waals surface area contributed by atoms with Crippen LogP contribution in [0.4, 0.5) is 4.39 Å². The molecule has 0 amide bonds. The first-order valence-electron chi connectivity index (χ1n) is 14.0. The summed E-state index contributed by atoms with van der Waals surface area (Å²) in [7, 11) is -4.51. The number of carbonyl (C=O) groups is 1. The normalized spacial score (nSPS) is 20.6. The third kappa shape index (κ3) is 7.47. The van der Waals surface area contributed by atoms with E-state index in [0.29, 0.717) is 11.6 Å². The average Bonchev–Trinajstić information content (AvgIpc) is 3.42. The number of esters is 1. The van der Waals surface area contributed by atoms with Gasteiger partial charge in [-0.05, 0) is 23.9 Å². The summed E-state index contributed by atoms with van der Waals surface area (Å²) in [5.74, 6) is -1.79. The summed E-state index contributed by atoms with van der Waals surface area (Å²) in [4.78, 5) is 38.5. The second-order valence-electron chi connectivity index (χ2n) is 10.3. The van der Waals surface area contributed by atoms with Gasteiger partial charge in [0.05, 0.1) is 12.3 Å². The summed E-state index contributed by atoms with van der Waals surface area (Å²) >= 11 is 0. The lowest BCUT2D eigenvalue weighted by atomic mass is 10.1. The van der Waals surface area contributed by atoms with Crippen LogP contribution in [0.15, 0.2) is 101 Å². The van der Waals surface area contributed by atoms with Crippen molar-refractivity contribution in [3.63, 3.8) is 0 Å². The predicted molar refractivity (Wildman–Crippen MR) is 162 cm³/mol. The minimum atomic E-state index is -4.51. The molecule has 3 aromatic carbocycles. The minimum Gasteiger partial charge on any atom is -0.460 e. The number of ether oxygens (including phenoxy) is 2. The maximum atomic E-state index is 14.4. The Morgan fingerprint density at radius 1 is 1.18 bits per heavy atom. The van der Waals surface area contributed by atoms with Crippen LogP contribution in [0.2, 0.25) is 0 Å². The van der Waals surface area contributed by atoms with Gasteiger partial charge in [0, 0.05) is 11.8 Å². The van der Waals surface area contributed by atoms with E-state index in [0.717, 1.165) is 15.5 Å². The average molecular weight is 640 g/mol. The minimum absolute atomic E-state index is 0.0233. The van der Waals surface area contributed by atoms with Crippen LogP contribution in [0.1, 0.15) is 25.1 Å². The Hall–Kier alpha value is -4.39. The number of aromatic nitrogens is 2. The maximum Gasteiger partial charge on any atom is 0.460 e. The number of aliphatic hydroxyl groups excluding tert-OH is 1. The molecule has 45 heavy (non-hydrogen) atoms.